The topological polar surface area (TPSA) is 29.1 Å². The normalized spacial score (nSPS) is 11.6. The maximum absolute atomic E-state index is 12.3. The number of hydrogen-bond acceptors (Lipinski definition) is 1. The van der Waals surface area contributed by atoms with Crippen molar-refractivity contribution in [2.24, 2.45) is 0 Å². The quantitative estimate of drug-likeness (QED) is 0.445. The van der Waals surface area contributed by atoms with Crippen molar-refractivity contribution in [2.45, 2.75) is 25.4 Å². The molecule has 0 atom stereocenters. The molecule has 0 aliphatic carbocycles. The van der Waals surface area contributed by atoms with E-state index >= 15 is 0 Å². The van der Waals surface area contributed by atoms with Crippen molar-refractivity contribution >= 4 is 5.91 Å². The first-order valence-electron chi connectivity index (χ1n) is 3.86. The average Bonchev–Trinajstić information content (AvgIpc) is 2.10. The van der Waals surface area contributed by atoms with Crippen LogP contribution in [0.2, 0.25) is 0 Å². The molecule has 1 amide bonds. The van der Waals surface area contributed by atoms with Crippen LogP contribution in [-0.4, -0.2) is 24.6 Å². The van der Waals surface area contributed by atoms with Gasteiger partial charge in [0.05, 0.1) is 0 Å². The minimum absolute atomic E-state index is 0.0240. The monoisotopic (exact) mass is 229 g/mol. The molecule has 0 spiro atoms. The molecule has 0 saturated carbocycles. The molecule has 0 bridgehead atoms. The van der Waals surface area contributed by atoms with Crippen LogP contribution in [0.3, 0.4) is 0 Å². The fourth-order valence-corrected chi connectivity index (χ4v) is 0.603. The largest absolute Gasteiger partial charge is 0.463 e. The van der Waals surface area contributed by atoms with Crippen molar-refractivity contribution in [3.63, 3.8) is 0 Å². The van der Waals surface area contributed by atoms with E-state index in [0.29, 0.717) is 0 Å². The highest BCUT2D eigenvalue weighted by atomic mass is 19.4. The minimum Gasteiger partial charge on any atom is -0.350 e. The van der Waals surface area contributed by atoms with Crippen molar-refractivity contribution < 1.29 is 26.7 Å². The van der Waals surface area contributed by atoms with Gasteiger partial charge in [-0.05, 0) is 6.92 Å². The summed E-state index contributed by atoms with van der Waals surface area (Å²) in [6.45, 7) is 1.14. The van der Waals surface area contributed by atoms with Crippen LogP contribution in [0.5, 0.6) is 0 Å². The molecule has 0 aliphatic heterocycles. The Labute approximate surface area is 82.8 Å². The molecule has 86 valence electrons. The Morgan fingerprint density at radius 2 is 1.80 bits per heavy atom. The molecule has 0 aromatic carbocycles. The maximum Gasteiger partial charge on any atom is 0.463 e. The van der Waals surface area contributed by atoms with Gasteiger partial charge >= 0.3 is 12.1 Å². The molecule has 2 nitrogen and oxygen atoms in total. The predicted molar refractivity (Wildman–Crippen MR) is 42.1 cm³/mol. The van der Waals surface area contributed by atoms with Crippen molar-refractivity contribution in [1.29, 1.82) is 0 Å². The van der Waals surface area contributed by atoms with Crippen LogP contribution in [0, 0.1) is 11.8 Å². The highest BCUT2D eigenvalue weighted by Crippen LogP contribution is 2.35. The van der Waals surface area contributed by atoms with Crippen molar-refractivity contribution in [3.8, 4) is 11.8 Å². The number of amides is 1. The van der Waals surface area contributed by atoms with Gasteiger partial charge in [-0.1, -0.05) is 0 Å². The van der Waals surface area contributed by atoms with E-state index in [1.807, 2.05) is 0 Å². The first-order valence-corrected chi connectivity index (χ1v) is 3.86. The SMILES string of the molecule is CC#CCCNC(=O)C(F)(F)C(F)(F)F. The van der Waals surface area contributed by atoms with E-state index in [2.05, 4.69) is 11.8 Å². The van der Waals surface area contributed by atoms with E-state index in [1.165, 1.54) is 12.2 Å². The fourth-order valence-electron chi connectivity index (χ4n) is 0.603. The lowest BCUT2D eigenvalue weighted by Gasteiger charge is -2.18. The summed E-state index contributed by atoms with van der Waals surface area (Å²) in [5.74, 6) is -2.91. The molecule has 0 unspecified atom stereocenters. The van der Waals surface area contributed by atoms with Crippen LogP contribution in [0.25, 0.3) is 0 Å². The molecule has 0 rings (SSSR count). The zero-order valence-corrected chi connectivity index (χ0v) is 7.71. The standard InChI is InChI=1S/C8H8F5NO/c1-2-3-4-5-14-6(15)7(9,10)8(11,12)13/h4-5H2,1H3,(H,14,15). The highest BCUT2D eigenvalue weighted by molar-refractivity contribution is 5.84. The molecule has 0 aliphatic rings. The molecule has 1 N–H and O–H groups in total. The van der Waals surface area contributed by atoms with Gasteiger partial charge in [0, 0.05) is 13.0 Å². The summed E-state index contributed by atoms with van der Waals surface area (Å²) in [5.41, 5.74) is 0. The summed E-state index contributed by atoms with van der Waals surface area (Å²) in [6, 6.07) is 0. The lowest BCUT2D eigenvalue weighted by molar-refractivity contribution is -0.269. The van der Waals surface area contributed by atoms with Crippen LogP contribution in [0.15, 0.2) is 0 Å². The number of halogens is 5. The Balaban J connectivity index is 4.25. The second-order valence-electron chi connectivity index (χ2n) is 2.50. The van der Waals surface area contributed by atoms with Gasteiger partial charge in [0.1, 0.15) is 0 Å². The second-order valence-corrected chi connectivity index (χ2v) is 2.50. The van der Waals surface area contributed by atoms with Crippen molar-refractivity contribution in [2.75, 3.05) is 6.54 Å². The molecule has 0 aromatic rings. The fraction of sp³-hybridized carbons (Fsp3) is 0.625. The third kappa shape index (κ3) is 3.73. The van der Waals surface area contributed by atoms with Gasteiger partial charge in [0.15, 0.2) is 0 Å². The Kier molecular flexibility index (Phi) is 4.52. The summed E-state index contributed by atoms with van der Waals surface area (Å²) >= 11 is 0. The Morgan fingerprint density at radius 1 is 1.27 bits per heavy atom. The van der Waals surface area contributed by atoms with Gasteiger partial charge in [-0.2, -0.15) is 22.0 Å². The van der Waals surface area contributed by atoms with Crippen molar-refractivity contribution in [1.82, 2.24) is 5.32 Å². The van der Waals surface area contributed by atoms with E-state index in [-0.39, 0.29) is 13.0 Å². The zero-order chi connectivity index (χ0) is 12.1. The van der Waals surface area contributed by atoms with Crippen LogP contribution < -0.4 is 5.32 Å². The zero-order valence-electron chi connectivity index (χ0n) is 7.71. The first kappa shape index (κ1) is 13.7. The van der Waals surface area contributed by atoms with E-state index in [9.17, 15) is 26.7 Å². The Morgan fingerprint density at radius 3 is 2.20 bits per heavy atom. The molecule has 0 aromatic heterocycles. The Bertz CT molecular complexity index is 286. The van der Waals surface area contributed by atoms with Gasteiger partial charge in [0.25, 0.3) is 5.91 Å². The highest BCUT2D eigenvalue weighted by Gasteiger charge is 2.63. The van der Waals surface area contributed by atoms with Gasteiger partial charge in [0.2, 0.25) is 0 Å². The lowest BCUT2D eigenvalue weighted by atomic mass is 10.3. The van der Waals surface area contributed by atoms with Crippen molar-refractivity contribution in [3.05, 3.63) is 0 Å². The Hall–Kier alpha value is -1.32. The van der Waals surface area contributed by atoms with E-state index in [4.69, 9.17) is 0 Å². The molecular formula is C8H8F5NO. The first-order chi connectivity index (χ1) is 6.73. The molecule has 0 saturated heterocycles. The molecular weight excluding hydrogens is 221 g/mol. The van der Waals surface area contributed by atoms with Crippen LogP contribution in [0.1, 0.15) is 13.3 Å². The summed E-state index contributed by atoms with van der Waals surface area (Å²) < 4.78 is 59.4. The maximum atomic E-state index is 12.3. The van der Waals surface area contributed by atoms with Gasteiger partial charge in [-0.25, -0.2) is 0 Å². The summed E-state index contributed by atoms with van der Waals surface area (Å²) in [7, 11) is 0. The molecule has 7 heteroatoms. The van der Waals surface area contributed by atoms with Crippen LogP contribution in [-0.2, 0) is 4.79 Å². The van der Waals surface area contributed by atoms with E-state index in [1.54, 1.807) is 0 Å². The number of alkyl halides is 5. The lowest BCUT2D eigenvalue weighted by Crippen LogP contribution is -2.50. The molecule has 0 heterocycles. The summed E-state index contributed by atoms with van der Waals surface area (Å²) in [4.78, 5) is 10.4. The van der Waals surface area contributed by atoms with Crippen LogP contribution >= 0.6 is 0 Å². The summed E-state index contributed by atoms with van der Waals surface area (Å²) in [5, 5.41) is 1.45. The van der Waals surface area contributed by atoms with Gasteiger partial charge < -0.3 is 5.32 Å². The van der Waals surface area contributed by atoms with Gasteiger partial charge in [-0.15, -0.1) is 11.8 Å². The van der Waals surface area contributed by atoms with E-state index in [0.717, 1.165) is 0 Å². The third-order valence-corrected chi connectivity index (χ3v) is 1.35. The third-order valence-electron chi connectivity index (χ3n) is 1.35. The smallest absolute Gasteiger partial charge is 0.350 e. The molecule has 0 radical (unpaired) electrons. The van der Waals surface area contributed by atoms with Gasteiger partial charge in [-0.3, -0.25) is 4.79 Å². The second kappa shape index (κ2) is 4.96. The number of rotatable bonds is 3. The number of carbonyl (C=O) groups is 1. The number of nitrogens with one attached hydrogen (secondary N) is 1. The summed E-state index contributed by atoms with van der Waals surface area (Å²) in [6.07, 6.45) is -5.84. The van der Waals surface area contributed by atoms with Crippen LogP contribution in [0.4, 0.5) is 22.0 Å². The number of hydrogen-bond donors (Lipinski definition) is 1. The number of carbonyl (C=O) groups excluding carboxylic acids is 1. The molecule has 15 heavy (non-hydrogen) atoms. The predicted octanol–water partition coefficient (Wildman–Crippen LogP) is 1.71. The van der Waals surface area contributed by atoms with E-state index < -0.39 is 18.0 Å². The average molecular weight is 229 g/mol. The molecule has 0 fully saturated rings. The minimum atomic E-state index is -5.87.